The Morgan fingerprint density at radius 2 is 1.74 bits per heavy atom. The van der Waals surface area contributed by atoms with Crippen LogP contribution >= 0.6 is 0 Å². The largest absolute Gasteiger partial charge is 0.491 e. The summed E-state index contributed by atoms with van der Waals surface area (Å²) in [5.41, 5.74) is 2.62. The molecule has 0 bridgehead atoms. The summed E-state index contributed by atoms with van der Waals surface area (Å²) in [6.07, 6.45) is -0.612. The number of hydrogen-bond acceptors (Lipinski definition) is 5. The summed E-state index contributed by atoms with van der Waals surface area (Å²) < 4.78 is 5.49. The van der Waals surface area contributed by atoms with Gasteiger partial charge in [-0.15, -0.1) is 0 Å². The van der Waals surface area contributed by atoms with Crippen molar-refractivity contribution in [2.24, 2.45) is 0 Å². The van der Waals surface area contributed by atoms with Gasteiger partial charge in [-0.1, -0.05) is 24.3 Å². The Bertz CT molecular complexity index is 662. The summed E-state index contributed by atoms with van der Waals surface area (Å²) in [6, 6.07) is 14.1. The van der Waals surface area contributed by atoms with Gasteiger partial charge in [-0.05, 0) is 23.3 Å². The third-order valence-corrected chi connectivity index (χ3v) is 3.87. The zero-order valence-electron chi connectivity index (χ0n) is 12.6. The van der Waals surface area contributed by atoms with E-state index in [1.807, 2.05) is 12.1 Å². The van der Waals surface area contributed by atoms with E-state index in [1.54, 1.807) is 0 Å². The SMILES string of the molecule is O=[N+]([O-])c1ccc(OCC(O)CN2Cc3ccccc3C2)cc1. The van der Waals surface area contributed by atoms with Crippen LogP contribution in [0.3, 0.4) is 0 Å². The number of nitro groups is 1. The molecule has 0 fully saturated rings. The second-order valence-electron chi connectivity index (χ2n) is 5.65. The van der Waals surface area contributed by atoms with Gasteiger partial charge in [0.15, 0.2) is 0 Å². The summed E-state index contributed by atoms with van der Waals surface area (Å²) in [7, 11) is 0. The van der Waals surface area contributed by atoms with E-state index in [-0.39, 0.29) is 12.3 Å². The van der Waals surface area contributed by atoms with Crippen LogP contribution in [0.4, 0.5) is 5.69 Å². The standard InChI is InChI=1S/C17H18N2O4/c20-16(11-18-9-13-3-1-2-4-14(13)10-18)12-23-17-7-5-15(6-8-17)19(21)22/h1-8,16,20H,9-12H2. The van der Waals surface area contributed by atoms with Gasteiger partial charge in [0.2, 0.25) is 0 Å². The number of benzene rings is 2. The number of nitro benzene ring substituents is 1. The molecule has 23 heavy (non-hydrogen) atoms. The van der Waals surface area contributed by atoms with Crippen LogP contribution in [-0.2, 0) is 13.1 Å². The van der Waals surface area contributed by atoms with E-state index in [0.717, 1.165) is 13.1 Å². The Balaban J connectivity index is 1.47. The maximum Gasteiger partial charge on any atom is 0.269 e. The minimum Gasteiger partial charge on any atom is -0.491 e. The van der Waals surface area contributed by atoms with Crippen LogP contribution < -0.4 is 4.74 Å². The van der Waals surface area contributed by atoms with E-state index in [1.165, 1.54) is 35.4 Å². The quantitative estimate of drug-likeness (QED) is 0.654. The Hall–Kier alpha value is -2.44. The highest BCUT2D eigenvalue weighted by molar-refractivity contribution is 5.36. The summed E-state index contributed by atoms with van der Waals surface area (Å²) >= 11 is 0. The van der Waals surface area contributed by atoms with Crippen LogP contribution in [0.2, 0.25) is 0 Å². The highest BCUT2D eigenvalue weighted by Crippen LogP contribution is 2.22. The lowest BCUT2D eigenvalue weighted by molar-refractivity contribution is -0.384. The van der Waals surface area contributed by atoms with Crippen LogP contribution in [-0.4, -0.2) is 34.2 Å². The van der Waals surface area contributed by atoms with Crippen LogP contribution in [0.1, 0.15) is 11.1 Å². The van der Waals surface area contributed by atoms with E-state index in [0.29, 0.717) is 12.3 Å². The van der Waals surface area contributed by atoms with E-state index in [2.05, 4.69) is 17.0 Å². The lowest BCUT2D eigenvalue weighted by Crippen LogP contribution is -2.32. The molecule has 2 aromatic carbocycles. The van der Waals surface area contributed by atoms with Crippen molar-refractivity contribution >= 4 is 5.69 Å². The van der Waals surface area contributed by atoms with Gasteiger partial charge in [0, 0.05) is 31.8 Å². The van der Waals surface area contributed by atoms with E-state index < -0.39 is 11.0 Å². The van der Waals surface area contributed by atoms with Crippen molar-refractivity contribution in [3.63, 3.8) is 0 Å². The number of rotatable bonds is 6. The number of aliphatic hydroxyl groups is 1. The van der Waals surface area contributed by atoms with Crippen molar-refractivity contribution in [2.45, 2.75) is 19.2 Å². The van der Waals surface area contributed by atoms with Gasteiger partial charge in [0.1, 0.15) is 18.5 Å². The van der Waals surface area contributed by atoms with E-state index in [9.17, 15) is 15.2 Å². The molecule has 1 atom stereocenters. The first kappa shape index (κ1) is 15.5. The molecule has 1 aliphatic rings. The van der Waals surface area contributed by atoms with Crippen molar-refractivity contribution in [3.8, 4) is 5.75 Å². The van der Waals surface area contributed by atoms with Crippen LogP contribution in [0.5, 0.6) is 5.75 Å². The van der Waals surface area contributed by atoms with Crippen molar-refractivity contribution in [1.82, 2.24) is 4.90 Å². The fourth-order valence-corrected chi connectivity index (χ4v) is 2.74. The van der Waals surface area contributed by atoms with Crippen LogP contribution in [0.15, 0.2) is 48.5 Å². The van der Waals surface area contributed by atoms with Gasteiger partial charge in [-0.3, -0.25) is 15.0 Å². The van der Waals surface area contributed by atoms with Gasteiger partial charge in [0.05, 0.1) is 4.92 Å². The summed E-state index contributed by atoms with van der Waals surface area (Å²) in [6.45, 7) is 2.36. The molecule has 2 aromatic rings. The van der Waals surface area contributed by atoms with E-state index in [4.69, 9.17) is 4.74 Å². The number of ether oxygens (including phenoxy) is 1. The summed E-state index contributed by atoms with van der Waals surface area (Å²) in [5, 5.41) is 20.7. The zero-order valence-corrected chi connectivity index (χ0v) is 12.6. The maximum absolute atomic E-state index is 10.6. The van der Waals surface area contributed by atoms with Crippen molar-refractivity contribution in [1.29, 1.82) is 0 Å². The number of aliphatic hydroxyl groups excluding tert-OH is 1. The molecule has 120 valence electrons. The molecule has 1 aliphatic heterocycles. The smallest absolute Gasteiger partial charge is 0.269 e. The first-order valence-corrected chi connectivity index (χ1v) is 7.46. The fraction of sp³-hybridized carbons (Fsp3) is 0.294. The molecule has 6 heteroatoms. The van der Waals surface area contributed by atoms with Gasteiger partial charge in [-0.2, -0.15) is 0 Å². The topological polar surface area (TPSA) is 75.8 Å². The molecule has 0 aliphatic carbocycles. The van der Waals surface area contributed by atoms with Crippen LogP contribution in [0, 0.1) is 10.1 Å². The van der Waals surface area contributed by atoms with Crippen molar-refractivity contribution in [2.75, 3.05) is 13.2 Å². The molecular formula is C17H18N2O4. The molecule has 0 spiro atoms. The van der Waals surface area contributed by atoms with Crippen LogP contribution in [0.25, 0.3) is 0 Å². The highest BCUT2D eigenvalue weighted by atomic mass is 16.6. The molecule has 0 radical (unpaired) electrons. The maximum atomic E-state index is 10.6. The third-order valence-electron chi connectivity index (χ3n) is 3.87. The summed E-state index contributed by atoms with van der Waals surface area (Å²) in [5.74, 6) is 0.513. The zero-order chi connectivity index (χ0) is 16.2. The van der Waals surface area contributed by atoms with E-state index >= 15 is 0 Å². The highest BCUT2D eigenvalue weighted by Gasteiger charge is 2.20. The number of β-amino-alcohol motifs (C(OH)–C–C–N with tert-alkyl or cyclic N) is 1. The second kappa shape index (κ2) is 6.76. The Morgan fingerprint density at radius 3 is 2.30 bits per heavy atom. The molecule has 6 nitrogen and oxygen atoms in total. The molecule has 0 saturated heterocycles. The van der Waals surface area contributed by atoms with Crippen molar-refractivity contribution in [3.05, 3.63) is 69.8 Å². The molecule has 1 unspecified atom stereocenters. The number of fused-ring (bicyclic) bond motifs is 1. The minimum atomic E-state index is -0.612. The Morgan fingerprint density at radius 1 is 1.13 bits per heavy atom. The number of non-ortho nitro benzene ring substituents is 1. The van der Waals surface area contributed by atoms with Gasteiger partial charge in [-0.25, -0.2) is 0 Å². The Kier molecular flexibility index (Phi) is 4.55. The average Bonchev–Trinajstić information content (AvgIpc) is 2.95. The first-order valence-electron chi connectivity index (χ1n) is 7.46. The average molecular weight is 314 g/mol. The number of nitrogens with zero attached hydrogens (tertiary/aromatic N) is 2. The second-order valence-corrected chi connectivity index (χ2v) is 5.65. The predicted octanol–water partition coefficient (Wildman–Crippen LogP) is 2.35. The fourth-order valence-electron chi connectivity index (χ4n) is 2.74. The molecule has 0 saturated carbocycles. The third kappa shape index (κ3) is 3.85. The van der Waals surface area contributed by atoms with Gasteiger partial charge < -0.3 is 9.84 Å². The van der Waals surface area contributed by atoms with Crippen molar-refractivity contribution < 1.29 is 14.8 Å². The molecule has 1 heterocycles. The lowest BCUT2D eigenvalue weighted by Gasteiger charge is -2.19. The normalized spacial score (nSPS) is 15.2. The lowest BCUT2D eigenvalue weighted by atomic mass is 10.1. The van der Waals surface area contributed by atoms with Gasteiger partial charge >= 0.3 is 0 Å². The molecule has 1 N–H and O–H groups in total. The van der Waals surface area contributed by atoms with Gasteiger partial charge in [0.25, 0.3) is 5.69 Å². The first-order chi connectivity index (χ1) is 11.1. The minimum absolute atomic E-state index is 0.0210. The number of hydrogen-bond donors (Lipinski definition) is 1. The molecule has 0 aromatic heterocycles. The molecular weight excluding hydrogens is 296 g/mol. The molecule has 3 rings (SSSR count). The molecule has 0 amide bonds. The predicted molar refractivity (Wildman–Crippen MR) is 85.2 cm³/mol. The monoisotopic (exact) mass is 314 g/mol. The summed E-state index contributed by atoms with van der Waals surface area (Å²) in [4.78, 5) is 12.3. The Labute approximate surface area is 134 Å².